The van der Waals surface area contributed by atoms with Crippen molar-refractivity contribution in [3.8, 4) is 5.75 Å². The molecule has 4 heteroatoms. The van der Waals surface area contributed by atoms with Gasteiger partial charge in [-0.3, -0.25) is 4.79 Å². The van der Waals surface area contributed by atoms with E-state index >= 15 is 0 Å². The average molecular weight is 291 g/mol. The molecule has 1 saturated heterocycles. The maximum Gasteiger partial charge on any atom is 0.263 e. The van der Waals surface area contributed by atoms with Crippen molar-refractivity contribution >= 4 is 5.91 Å². The van der Waals surface area contributed by atoms with Crippen LogP contribution in [-0.2, 0) is 4.79 Å². The van der Waals surface area contributed by atoms with Gasteiger partial charge in [-0.25, -0.2) is 0 Å². The summed E-state index contributed by atoms with van der Waals surface area (Å²) in [6.45, 7) is 7.05. The molecule has 1 fully saturated rings. The second-order valence-electron chi connectivity index (χ2n) is 5.90. The lowest BCUT2D eigenvalue weighted by Crippen LogP contribution is -2.50. The third-order valence-electron chi connectivity index (χ3n) is 4.24. The molecule has 0 saturated carbocycles. The number of hydrogen-bond donors (Lipinski definition) is 1. The molecular weight excluding hydrogens is 266 g/mol. The Morgan fingerprint density at radius 1 is 1.48 bits per heavy atom. The number of piperidine rings is 1. The smallest absolute Gasteiger partial charge is 0.263 e. The average Bonchev–Trinajstić information content (AvgIpc) is 2.48. The van der Waals surface area contributed by atoms with E-state index in [2.05, 4.69) is 0 Å². The van der Waals surface area contributed by atoms with Crippen molar-refractivity contribution in [3.05, 3.63) is 29.8 Å². The molecule has 1 aromatic rings. The van der Waals surface area contributed by atoms with E-state index in [1.807, 2.05) is 45.0 Å². The molecule has 1 aromatic carbocycles. The van der Waals surface area contributed by atoms with E-state index in [1.54, 1.807) is 4.90 Å². The van der Waals surface area contributed by atoms with E-state index < -0.39 is 12.2 Å². The summed E-state index contributed by atoms with van der Waals surface area (Å²) >= 11 is 0. The van der Waals surface area contributed by atoms with Gasteiger partial charge in [0.2, 0.25) is 0 Å². The second-order valence-corrected chi connectivity index (χ2v) is 5.90. The second kappa shape index (κ2) is 6.94. The topological polar surface area (TPSA) is 49.8 Å². The maximum atomic E-state index is 12.6. The lowest BCUT2D eigenvalue weighted by molar-refractivity contribution is -0.143. The number of aliphatic hydroxyl groups excluding tert-OH is 1. The van der Waals surface area contributed by atoms with Crippen molar-refractivity contribution in [2.75, 3.05) is 13.1 Å². The van der Waals surface area contributed by atoms with Gasteiger partial charge >= 0.3 is 0 Å². The summed E-state index contributed by atoms with van der Waals surface area (Å²) in [6.07, 6.45) is 0.550. The first-order valence-electron chi connectivity index (χ1n) is 7.72. The van der Waals surface area contributed by atoms with Crippen LogP contribution in [0.3, 0.4) is 0 Å². The van der Waals surface area contributed by atoms with Gasteiger partial charge in [-0.1, -0.05) is 32.0 Å². The highest BCUT2D eigenvalue weighted by molar-refractivity contribution is 5.81. The molecule has 21 heavy (non-hydrogen) atoms. The van der Waals surface area contributed by atoms with Gasteiger partial charge in [-0.15, -0.1) is 0 Å². The number of nitrogens with zero attached hydrogens (tertiary/aromatic N) is 1. The van der Waals surface area contributed by atoms with Gasteiger partial charge in [0.25, 0.3) is 5.91 Å². The minimum Gasteiger partial charge on any atom is -0.480 e. The molecule has 116 valence electrons. The van der Waals surface area contributed by atoms with Crippen LogP contribution in [0, 0.1) is 12.8 Å². The monoisotopic (exact) mass is 291 g/mol. The number of ether oxygens (including phenoxy) is 1. The zero-order valence-electron chi connectivity index (χ0n) is 13.1. The lowest BCUT2D eigenvalue weighted by Gasteiger charge is -2.36. The van der Waals surface area contributed by atoms with E-state index in [4.69, 9.17) is 4.74 Å². The minimum atomic E-state index is -0.480. The van der Waals surface area contributed by atoms with E-state index in [0.717, 1.165) is 17.7 Å². The number of amides is 1. The number of hydrogen-bond acceptors (Lipinski definition) is 3. The summed E-state index contributed by atoms with van der Waals surface area (Å²) in [5.74, 6) is 0.988. The van der Waals surface area contributed by atoms with Gasteiger partial charge in [-0.2, -0.15) is 0 Å². The Kier molecular flexibility index (Phi) is 5.23. The SMILES string of the molecule is CCC(Oc1ccccc1C)C(=O)N1CCC(C)C(O)C1. The van der Waals surface area contributed by atoms with Crippen molar-refractivity contribution in [2.45, 2.75) is 45.8 Å². The van der Waals surface area contributed by atoms with Crippen molar-refractivity contribution in [1.82, 2.24) is 4.90 Å². The molecule has 1 aliphatic rings. The fraction of sp³-hybridized carbons (Fsp3) is 0.588. The summed E-state index contributed by atoms with van der Waals surface area (Å²) in [5, 5.41) is 9.95. The van der Waals surface area contributed by atoms with E-state index in [0.29, 0.717) is 19.5 Å². The number of carbonyl (C=O) groups is 1. The number of aliphatic hydroxyl groups is 1. The van der Waals surface area contributed by atoms with Crippen LogP contribution in [0.25, 0.3) is 0 Å². The van der Waals surface area contributed by atoms with Crippen LogP contribution in [0.4, 0.5) is 0 Å². The third-order valence-corrected chi connectivity index (χ3v) is 4.24. The first-order chi connectivity index (χ1) is 10.0. The Hall–Kier alpha value is -1.55. The van der Waals surface area contributed by atoms with E-state index in [-0.39, 0.29) is 11.8 Å². The summed E-state index contributed by atoms with van der Waals surface area (Å²) in [5.41, 5.74) is 1.02. The van der Waals surface area contributed by atoms with Crippen LogP contribution in [0.5, 0.6) is 5.75 Å². The van der Waals surface area contributed by atoms with Crippen molar-refractivity contribution in [1.29, 1.82) is 0 Å². The number of β-amino-alcohol motifs (C(OH)–C–C–N with tert-alkyl or cyclic N) is 1. The zero-order chi connectivity index (χ0) is 15.4. The normalized spacial score (nSPS) is 23.7. The zero-order valence-corrected chi connectivity index (χ0v) is 13.1. The molecule has 0 bridgehead atoms. The van der Waals surface area contributed by atoms with Crippen molar-refractivity contribution in [3.63, 3.8) is 0 Å². The van der Waals surface area contributed by atoms with Crippen LogP contribution in [0.2, 0.25) is 0 Å². The molecule has 0 aromatic heterocycles. The number of carbonyl (C=O) groups excluding carboxylic acids is 1. The molecule has 4 nitrogen and oxygen atoms in total. The number of para-hydroxylation sites is 1. The number of likely N-dealkylation sites (tertiary alicyclic amines) is 1. The quantitative estimate of drug-likeness (QED) is 0.926. The molecule has 2 rings (SSSR count). The minimum absolute atomic E-state index is 0.0216. The summed E-state index contributed by atoms with van der Waals surface area (Å²) in [6, 6.07) is 7.72. The molecule has 1 heterocycles. The standard InChI is InChI=1S/C17H25NO3/c1-4-15(21-16-8-6-5-7-13(16)3)17(20)18-10-9-12(2)14(19)11-18/h5-8,12,14-15,19H,4,9-11H2,1-3H3. The predicted octanol–water partition coefficient (Wildman–Crippen LogP) is 2.38. The Labute approximate surface area is 126 Å². The Morgan fingerprint density at radius 3 is 2.81 bits per heavy atom. The molecule has 3 atom stereocenters. The summed E-state index contributed by atoms with van der Waals surface area (Å²) in [4.78, 5) is 14.3. The van der Waals surface area contributed by atoms with Crippen LogP contribution in [0.1, 0.15) is 32.3 Å². The first-order valence-corrected chi connectivity index (χ1v) is 7.72. The highest BCUT2D eigenvalue weighted by Crippen LogP contribution is 2.22. The highest BCUT2D eigenvalue weighted by Gasteiger charge is 2.31. The Balaban J connectivity index is 2.04. The van der Waals surface area contributed by atoms with E-state index in [1.165, 1.54) is 0 Å². The molecule has 1 aliphatic heterocycles. The predicted molar refractivity (Wildman–Crippen MR) is 82.3 cm³/mol. The Bertz CT molecular complexity index is 489. The van der Waals surface area contributed by atoms with E-state index in [9.17, 15) is 9.90 Å². The molecule has 1 N–H and O–H groups in total. The molecule has 0 aliphatic carbocycles. The van der Waals surface area contributed by atoms with Crippen LogP contribution < -0.4 is 4.74 Å². The molecule has 1 amide bonds. The molecule has 3 unspecified atom stereocenters. The third kappa shape index (κ3) is 3.76. The maximum absolute atomic E-state index is 12.6. The summed E-state index contributed by atoms with van der Waals surface area (Å²) < 4.78 is 5.90. The van der Waals surface area contributed by atoms with Crippen molar-refractivity contribution in [2.24, 2.45) is 5.92 Å². The van der Waals surface area contributed by atoms with Gasteiger partial charge in [0.1, 0.15) is 5.75 Å². The van der Waals surface area contributed by atoms with Gasteiger partial charge in [-0.05, 0) is 37.3 Å². The van der Waals surface area contributed by atoms with Gasteiger partial charge < -0.3 is 14.7 Å². The highest BCUT2D eigenvalue weighted by atomic mass is 16.5. The lowest BCUT2D eigenvalue weighted by atomic mass is 9.95. The van der Waals surface area contributed by atoms with Crippen LogP contribution >= 0.6 is 0 Å². The summed E-state index contributed by atoms with van der Waals surface area (Å²) in [7, 11) is 0. The molecule has 0 radical (unpaired) electrons. The Morgan fingerprint density at radius 2 is 2.19 bits per heavy atom. The van der Waals surface area contributed by atoms with Crippen molar-refractivity contribution < 1.29 is 14.6 Å². The van der Waals surface area contributed by atoms with Gasteiger partial charge in [0.15, 0.2) is 6.10 Å². The number of rotatable bonds is 4. The first kappa shape index (κ1) is 15.8. The fourth-order valence-corrected chi connectivity index (χ4v) is 2.60. The van der Waals surface area contributed by atoms with Gasteiger partial charge in [0.05, 0.1) is 6.10 Å². The molecular formula is C17H25NO3. The molecule has 0 spiro atoms. The number of aryl methyl sites for hydroxylation is 1. The largest absolute Gasteiger partial charge is 0.480 e. The van der Waals surface area contributed by atoms with Crippen LogP contribution in [-0.4, -0.2) is 41.2 Å². The fourth-order valence-electron chi connectivity index (χ4n) is 2.60. The van der Waals surface area contributed by atoms with Gasteiger partial charge in [0, 0.05) is 13.1 Å². The number of benzene rings is 1. The van der Waals surface area contributed by atoms with Crippen LogP contribution in [0.15, 0.2) is 24.3 Å².